The number of likely N-dealkylation sites (tertiary alicyclic amines) is 1. The molecule has 0 radical (unpaired) electrons. The lowest BCUT2D eigenvalue weighted by molar-refractivity contribution is 0.165. The minimum Gasteiger partial charge on any atom is -0.295 e. The van der Waals surface area contributed by atoms with Crippen molar-refractivity contribution in [2.75, 3.05) is 19.6 Å². The normalized spacial score (nSPS) is 17.5. The van der Waals surface area contributed by atoms with Crippen LogP contribution in [0.25, 0.3) is 0 Å². The predicted octanol–water partition coefficient (Wildman–Crippen LogP) is 3.87. The Morgan fingerprint density at radius 2 is 1.92 bits per heavy atom. The minimum absolute atomic E-state index is 0.103. The third-order valence-corrected chi connectivity index (χ3v) is 7.13. The lowest BCUT2D eigenvalue weighted by Crippen LogP contribution is -2.40. The SMILES string of the molecule is Cc1ccc(C)c(S(=O)(=O)NCC(c2ccsc2)N2CCCCC2)c1. The van der Waals surface area contributed by atoms with E-state index in [9.17, 15) is 8.42 Å². The van der Waals surface area contributed by atoms with Crippen LogP contribution in [0.5, 0.6) is 0 Å². The lowest BCUT2D eigenvalue weighted by atomic mass is 10.0. The molecule has 2 aromatic rings. The predicted molar refractivity (Wildman–Crippen MR) is 104 cm³/mol. The monoisotopic (exact) mass is 378 g/mol. The summed E-state index contributed by atoms with van der Waals surface area (Å²) < 4.78 is 28.5. The lowest BCUT2D eigenvalue weighted by Gasteiger charge is -2.34. The number of nitrogens with zero attached hydrogens (tertiary/aromatic N) is 1. The molecule has 25 heavy (non-hydrogen) atoms. The first-order valence-corrected chi connectivity index (χ1v) is 11.2. The summed E-state index contributed by atoms with van der Waals surface area (Å²) >= 11 is 1.66. The van der Waals surface area contributed by atoms with Crippen LogP contribution in [-0.4, -0.2) is 33.0 Å². The number of thiophene rings is 1. The van der Waals surface area contributed by atoms with Gasteiger partial charge in [0.2, 0.25) is 10.0 Å². The van der Waals surface area contributed by atoms with Gasteiger partial charge in [0.25, 0.3) is 0 Å². The second-order valence-corrected chi connectivity index (χ2v) is 9.31. The molecule has 1 aromatic heterocycles. The molecule has 1 aliphatic heterocycles. The van der Waals surface area contributed by atoms with Crippen LogP contribution in [0.1, 0.15) is 42.0 Å². The van der Waals surface area contributed by atoms with E-state index in [1.807, 2.05) is 26.0 Å². The zero-order valence-electron chi connectivity index (χ0n) is 14.9. The molecule has 0 saturated carbocycles. The molecule has 1 fully saturated rings. The molecule has 1 unspecified atom stereocenters. The Kier molecular flexibility index (Phi) is 5.94. The second-order valence-electron chi connectivity index (χ2n) is 6.79. The van der Waals surface area contributed by atoms with Crippen LogP contribution in [0.4, 0.5) is 0 Å². The molecule has 0 spiro atoms. The number of aryl methyl sites for hydroxylation is 2. The number of piperidine rings is 1. The highest BCUT2D eigenvalue weighted by atomic mass is 32.2. The third kappa shape index (κ3) is 4.50. The van der Waals surface area contributed by atoms with Crippen molar-refractivity contribution >= 4 is 21.4 Å². The van der Waals surface area contributed by atoms with Crippen LogP contribution < -0.4 is 4.72 Å². The quantitative estimate of drug-likeness (QED) is 0.830. The molecule has 6 heteroatoms. The summed E-state index contributed by atoms with van der Waals surface area (Å²) in [5.74, 6) is 0. The van der Waals surface area contributed by atoms with E-state index in [1.165, 1.54) is 24.8 Å². The largest absolute Gasteiger partial charge is 0.295 e. The Hall–Kier alpha value is -1.21. The molecule has 2 heterocycles. The molecule has 1 N–H and O–H groups in total. The molecule has 3 rings (SSSR count). The summed E-state index contributed by atoms with van der Waals surface area (Å²) in [4.78, 5) is 2.80. The average Bonchev–Trinajstić information content (AvgIpc) is 3.12. The van der Waals surface area contributed by atoms with Crippen LogP contribution in [0.2, 0.25) is 0 Å². The summed E-state index contributed by atoms with van der Waals surface area (Å²) in [5.41, 5.74) is 2.94. The fourth-order valence-electron chi connectivity index (χ4n) is 3.42. The molecular formula is C19H26N2O2S2. The summed E-state index contributed by atoms with van der Waals surface area (Å²) in [5, 5.41) is 4.19. The van der Waals surface area contributed by atoms with Crippen molar-refractivity contribution in [3.63, 3.8) is 0 Å². The van der Waals surface area contributed by atoms with Crippen molar-refractivity contribution in [1.29, 1.82) is 0 Å². The maximum atomic E-state index is 12.8. The van der Waals surface area contributed by atoms with Gasteiger partial charge >= 0.3 is 0 Å². The first-order valence-electron chi connectivity index (χ1n) is 8.80. The van der Waals surface area contributed by atoms with Gasteiger partial charge in [0.15, 0.2) is 0 Å². The molecule has 0 amide bonds. The number of nitrogens with one attached hydrogen (secondary N) is 1. The van der Waals surface area contributed by atoms with Crippen molar-refractivity contribution < 1.29 is 8.42 Å². The maximum absolute atomic E-state index is 12.8. The molecule has 0 bridgehead atoms. The van der Waals surface area contributed by atoms with Crippen molar-refractivity contribution in [2.45, 2.75) is 44.0 Å². The van der Waals surface area contributed by atoms with E-state index in [0.29, 0.717) is 11.4 Å². The molecule has 1 atom stereocenters. The van der Waals surface area contributed by atoms with Crippen LogP contribution in [0.15, 0.2) is 39.9 Å². The standard InChI is InChI=1S/C19H26N2O2S2/c1-15-6-7-16(2)19(12-15)25(22,23)20-13-18(17-8-11-24-14-17)21-9-4-3-5-10-21/h6-8,11-12,14,18,20H,3-5,9-10,13H2,1-2H3. The van der Waals surface area contributed by atoms with E-state index in [1.54, 1.807) is 17.4 Å². The summed E-state index contributed by atoms with van der Waals surface area (Å²) in [6.07, 6.45) is 3.63. The van der Waals surface area contributed by atoms with E-state index in [4.69, 9.17) is 0 Å². The molecular weight excluding hydrogens is 352 g/mol. The first-order chi connectivity index (χ1) is 12.0. The Morgan fingerprint density at radius 3 is 2.60 bits per heavy atom. The van der Waals surface area contributed by atoms with Gasteiger partial charge in [0, 0.05) is 12.6 Å². The van der Waals surface area contributed by atoms with E-state index < -0.39 is 10.0 Å². The molecule has 1 aliphatic rings. The Balaban J connectivity index is 1.79. The average molecular weight is 379 g/mol. The summed E-state index contributed by atoms with van der Waals surface area (Å²) in [6, 6.07) is 7.77. The highest BCUT2D eigenvalue weighted by Crippen LogP contribution is 2.26. The van der Waals surface area contributed by atoms with Gasteiger partial charge in [0.1, 0.15) is 0 Å². The number of benzene rings is 1. The van der Waals surface area contributed by atoms with Crippen molar-refractivity contribution in [1.82, 2.24) is 9.62 Å². The van der Waals surface area contributed by atoms with Gasteiger partial charge in [-0.15, -0.1) is 0 Å². The van der Waals surface area contributed by atoms with Gasteiger partial charge in [-0.25, -0.2) is 13.1 Å². The molecule has 1 aromatic carbocycles. The first kappa shape index (κ1) is 18.6. The van der Waals surface area contributed by atoms with Gasteiger partial charge < -0.3 is 0 Å². The highest BCUT2D eigenvalue weighted by Gasteiger charge is 2.25. The highest BCUT2D eigenvalue weighted by molar-refractivity contribution is 7.89. The second kappa shape index (κ2) is 7.99. The maximum Gasteiger partial charge on any atom is 0.240 e. The van der Waals surface area contributed by atoms with Crippen molar-refractivity contribution in [3.05, 3.63) is 51.7 Å². The molecule has 0 aliphatic carbocycles. The molecule has 4 nitrogen and oxygen atoms in total. The number of sulfonamides is 1. The van der Waals surface area contributed by atoms with E-state index in [2.05, 4.69) is 26.4 Å². The van der Waals surface area contributed by atoms with E-state index in [0.717, 1.165) is 24.2 Å². The van der Waals surface area contributed by atoms with Gasteiger partial charge in [-0.3, -0.25) is 4.90 Å². The zero-order valence-corrected chi connectivity index (χ0v) is 16.5. The van der Waals surface area contributed by atoms with Crippen LogP contribution >= 0.6 is 11.3 Å². The zero-order chi connectivity index (χ0) is 17.9. The Bertz CT molecular complexity index is 795. The number of rotatable bonds is 6. The van der Waals surface area contributed by atoms with Crippen molar-refractivity contribution in [2.24, 2.45) is 0 Å². The number of hydrogen-bond donors (Lipinski definition) is 1. The summed E-state index contributed by atoms with van der Waals surface area (Å²) in [6.45, 7) is 6.24. The number of hydrogen-bond acceptors (Lipinski definition) is 4. The van der Waals surface area contributed by atoms with E-state index >= 15 is 0 Å². The Morgan fingerprint density at radius 1 is 1.16 bits per heavy atom. The third-order valence-electron chi connectivity index (χ3n) is 4.86. The van der Waals surface area contributed by atoms with Crippen molar-refractivity contribution in [3.8, 4) is 0 Å². The molecule has 136 valence electrons. The Labute approximate surface area is 154 Å². The van der Waals surface area contributed by atoms with Crippen LogP contribution in [0, 0.1) is 13.8 Å². The summed E-state index contributed by atoms with van der Waals surface area (Å²) in [7, 11) is -3.51. The smallest absolute Gasteiger partial charge is 0.240 e. The van der Waals surface area contributed by atoms with Gasteiger partial charge in [-0.2, -0.15) is 11.3 Å². The fraction of sp³-hybridized carbons (Fsp3) is 0.474. The van der Waals surface area contributed by atoms with Crippen LogP contribution in [-0.2, 0) is 10.0 Å². The van der Waals surface area contributed by atoms with Gasteiger partial charge in [-0.1, -0.05) is 18.6 Å². The minimum atomic E-state index is -3.51. The fourth-order valence-corrected chi connectivity index (χ4v) is 5.49. The van der Waals surface area contributed by atoms with Gasteiger partial charge in [0.05, 0.1) is 4.90 Å². The van der Waals surface area contributed by atoms with Gasteiger partial charge in [-0.05, 0) is 79.4 Å². The van der Waals surface area contributed by atoms with E-state index in [-0.39, 0.29) is 6.04 Å². The topological polar surface area (TPSA) is 49.4 Å². The molecule has 1 saturated heterocycles. The van der Waals surface area contributed by atoms with Crippen LogP contribution in [0.3, 0.4) is 0 Å².